The van der Waals surface area contributed by atoms with Gasteiger partial charge in [-0.2, -0.15) is 0 Å². The van der Waals surface area contributed by atoms with Crippen LogP contribution >= 0.6 is 27.3 Å². The first-order chi connectivity index (χ1) is 9.54. The zero-order valence-electron chi connectivity index (χ0n) is 11.1. The monoisotopic (exact) mass is 360 g/mol. The van der Waals surface area contributed by atoms with Crippen molar-refractivity contribution in [1.82, 2.24) is 9.80 Å². The normalized spacial score (nSPS) is 19.1. The molecule has 2 rings (SSSR count). The minimum Gasteiger partial charge on any atom is -0.409 e. The molecular weight excluding hydrogens is 344 g/mol. The van der Waals surface area contributed by atoms with Crippen molar-refractivity contribution in [3.63, 3.8) is 0 Å². The maximum atomic E-state index is 12.3. The Kier molecular flexibility index (Phi) is 5.00. The van der Waals surface area contributed by atoms with Gasteiger partial charge in [0.1, 0.15) is 4.88 Å². The van der Waals surface area contributed by atoms with E-state index in [2.05, 4.69) is 26.0 Å². The molecule has 0 spiro atoms. The summed E-state index contributed by atoms with van der Waals surface area (Å²) in [6.07, 6.45) is 0. The quantitative estimate of drug-likeness (QED) is 0.369. The zero-order chi connectivity index (χ0) is 14.7. The van der Waals surface area contributed by atoms with Gasteiger partial charge in [-0.3, -0.25) is 9.69 Å². The summed E-state index contributed by atoms with van der Waals surface area (Å²) in [5.41, 5.74) is 5.61. The summed E-state index contributed by atoms with van der Waals surface area (Å²) in [4.78, 5) is 17.0. The topological polar surface area (TPSA) is 82.2 Å². The summed E-state index contributed by atoms with van der Waals surface area (Å²) in [6, 6.07) is 1.76. The van der Waals surface area contributed by atoms with Crippen LogP contribution in [0.25, 0.3) is 0 Å². The second-order valence-electron chi connectivity index (χ2n) is 4.63. The van der Waals surface area contributed by atoms with Crippen LogP contribution in [0.15, 0.2) is 21.1 Å². The van der Waals surface area contributed by atoms with E-state index in [1.165, 1.54) is 11.3 Å². The van der Waals surface area contributed by atoms with Gasteiger partial charge in [-0.25, -0.2) is 0 Å². The number of nitrogens with zero attached hydrogens (tertiary/aromatic N) is 3. The molecule has 2 heterocycles. The van der Waals surface area contributed by atoms with Gasteiger partial charge < -0.3 is 15.8 Å². The first-order valence-corrected chi connectivity index (χ1v) is 7.95. The average Bonchev–Trinajstić information content (AvgIpc) is 2.91. The number of amides is 1. The first-order valence-electron chi connectivity index (χ1n) is 6.28. The lowest BCUT2D eigenvalue weighted by molar-refractivity contribution is 0.0623. The van der Waals surface area contributed by atoms with Crippen molar-refractivity contribution in [2.45, 2.75) is 13.0 Å². The fourth-order valence-corrected chi connectivity index (χ4v) is 3.68. The summed E-state index contributed by atoms with van der Waals surface area (Å²) in [7, 11) is 0. The Balaban J connectivity index is 1.95. The number of halogens is 1. The van der Waals surface area contributed by atoms with Crippen LogP contribution in [0.4, 0.5) is 0 Å². The highest BCUT2D eigenvalue weighted by molar-refractivity contribution is 9.10. The minimum atomic E-state index is -0.120. The van der Waals surface area contributed by atoms with E-state index < -0.39 is 0 Å². The maximum Gasteiger partial charge on any atom is 0.265 e. The molecule has 110 valence electrons. The molecule has 0 aromatic carbocycles. The summed E-state index contributed by atoms with van der Waals surface area (Å²) in [6.45, 7) is 4.61. The molecule has 20 heavy (non-hydrogen) atoms. The van der Waals surface area contributed by atoms with Gasteiger partial charge in [-0.1, -0.05) is 5.16 Å². The number of hydrogen-bond acceptors (Lipinski definition) is 5. The zero-order valence-corrected chi connectivity index (χ0v) is 13.5. The Bertz CT molecular complexity index is 511. The van der Waals surface area contributed by atoms with E-state index in [0.29, 0.717) is 26.2 Å². The average molecular weight is 361 g/mol. The third-order valence-electron chi connectivity index (χ3n) is 3.50. The third-order valence-corrected chi connectivity index (χ3v) is 5.33. The summed E-state index contributed by atoms with van der Waals surface area (Å²) in [5, 5.41) is 13.6. The van der Waals surface area contributed by atoms with E-state index in [4.69, 9.17) is 10.9 Å². The van der Waals surface area contributed by atoms with Gasteiger partial charge in [0.2, 0.25) is 0 Å². The van der Waals surface area contributed by atoms with E-state index in [1.54, 1.807) is 0 Å². The largest absolute Gasteiger partial charge is 0.409 e. The van der Waals surface area contributed by atoms with Crippen LogP contribution in [0.5, 0.6) is 0 Å². The van der Waals surface area contributed by atoms with E-state index >= 15 is 0 Å². The number of amidine groups is 1. The van der Waals surface area contributed by atoms with Crippen LogP contribution in [0.3, 0.4) is 0 Å². The summed E-state index contributed by atoms with van der Waals surface area (Å²) in [5.74, 6) is 0.258. The van der Waals surface area contributed by atoms with Crippen molar-refractivity contribution in [1.29, 1.82) is 0 Å². The van der Waals surface area contributed by atoms with Crippen LogP contribution in [0.2, 0.25) is 0 Å². The Labute approximate surface area is 130 Å². The van der Waals surface area contributed by atoms with Crippen molar-refractivity contribution >= 4 is 39.0 Å². The van der Waals surface area contributed by atoms with Crippen LogP contribution in [0, 0.1) is 0 Å². The van der Waals surface area contributed by atoms with Gasteiger partial charge >= 0.3 is 0 Å². The molecule has 6 nitrogen and oxygen atoms in total. The molecule has 1 atom stereocenters. The Morgan fingerprint density at radius 2 is 2.15 bits per heavy atom. The predicted octanol–water partition coefficient (Wildman–Crippen LogP) is 1.40. The lowest BCUT2D eigenvalue weighted by Crippen LogP contribution is -2.54. The second kappa shape index (κ2) is 6.55. The van der Waals surface area contributed by atoms with Crippen molar-refractivity contribution in [3.05, 3.63) is 20.8 Å². The lowest BCUT2D eigenvalue weighted by Gasteiger charge is -2.37. The van der Waals surface area contributed by atoms with Gasteiger partial charge in [0.25, 0.3) is 5.91 Å². The Morgan fingerprint density at radius 1 is 1.50 bits per heavy atom. The number of nitrogens with two attached hydrogens (primary N) is 1. The molecule has 0 bridgehead atoms. The highest BCUT2D eigenvalue weighted by Gasteiger charge is 2.27. The number of oxime groups is 1. The van der Waals surface area contributed by atoms with E-state index in [-0.39, 0.29) is 17.8 Å². The van der Waals surface area contributed by atoms with E-state index in [9.17, 15) is 4.79 Å². The molecule has 0 radical (unpaired) electrons. The van der Waals surface area contributed by atoms with Crippen molar-refractivity contribution in [2.24, 2.45) is 10.9 Å². The number of piperazine rings is 1. The first kappa shape index (κ1) is 15.3. The molecule has 1 aromatic rings. The number of carbonyl (C=O) groups excluding carboxylic acids is 1. The van der Waals surface area contributed by atoms with E-state index in [0.717, 1.165) is 9.35 Å². The molecule has 1 amide bonds. The van der Waals surface area contributed by atoms with Gasteiger partial charge in [0, 0.05) is 30.7 Å². The molecular formula is C12H17BrN4O2S. The standard InChI is InChI=1S/C12H17BrN4O2S/c1-8(11(14)15-19)16-3-5-17(6-4-16)12(18)10-9(13)2-7-20-10/h2,7-8,19H,3-6H2,1H3,(H2,14,15). The Morgan fingerprint density at radius 3 is 2.65 bits per heavy atom. The summed E-state index contributed by atoms with van der Waals surface area (Å²) < 4.78 is 0.847. The molecule has 1 fully saturated rings. The third kappa shape index (κ3) is 3.13. The minimum absolute atomic E-state index is 0.0583. The number of rotatable bonds is 3. The SMILES string of the molecule is CC(C(N)=NO)N1CCN(C(=O)c2sccc2Br)CC1. The molecule has 1 aliphatic heterocycles. The van der Waals surface area contributed by atoms with Gasteiger partial charge in [-0.15, -0.1) is 11.3 Å². The van der Waals surface area contributed by atoms with Crippen LogP contribution in [0.1, 0.15) is 16.6 Å². The molecule has 1 aliphatic rings. The number of carbonyl (C=O) groups is 1. The Hall–Kier alpha value is -1.12. The lowest BCUT2D eigenvalue weighted by atomic mass is 10.2. The van der Waals surface area contributed by atoms with E-state index in [1.807, 2.05) is 23.3 Å². The molecule has 8 heteroatoms. The molecule has 1 unspecified atom stereocenters. The van der Waals surface area contributed by atoms with Crippen molar-refractivity contribution in [3.8, 4) is 0 Å². The molecule has 1 saturated heterocycles. The summed E-state index contributed by atoms with van der Waals surface area (Å²) >= 11 is 4.83. The predicted molar refractivity (Wildman–Crippen MR) is 82.4 cm³/mol. The smallest absolute Gasteiger partial charge is 0.265 e. The number of thiophene rings is 1. The van der Waals surface area contributed by atoms with Crippen molar-refractivity contribution < 1.29 is 10.0 Å². The molecule has 0 aliphatic carbocycles. The molecule has 0 saturated carbocycles. The fourth-order valence-electron chi connectivity index (χ4n) is 2.17. The van der Waals surface area contributed by atoms with Crippen LogP contribution in [-0.4, -0.2) is 59.0 Å². The van der Waals surface area contributed by atoms with Gasteiger partial charge in [-0.05, 0) is 34.3 Å². The second-order valence-corrected chi connectivity index (χ2v) is 6.40. The molecule has 1 aromatic heterocycles. The van der Waals surface area contributed by atoms with Gasteiger partial charge in [0.15, 0.2) is 5.84 Å². The van der Waals surface area contributed by atoms with Gasteiger partial charge in [0.05, 0.1) is 6.04 Å². The van der Waals surface area contributed by atoms with Crippen LogP contribution < -0.4 is 5.73 Å². The van der Waals surface area contributed by atoms with Crippen molar-refractivity contribution in [2.75, 3.05) is 26.2 Å². The highest BCUT2D eigenvalue weighted by Crippen LogP contribution is 2.24. The van der Waals surface area contributed by atoms with Crippen LogP contribution in [-0.2, 0) is 0 Å². The fraction of sp³-hybridized carbons (Fsp3) is 0.500. The highest BCUT2D eigenvalue weighted by atomic mass is 79.9. The molecule has 3 N–H and O–H groups in total. The number of hydrogen-bond donors (Lipinski definition) is 2. The maximum absolute atomic E-state index is 12.3.